The van der Waals surface area contributed by atoms with Crippen molar-refractivity contribution in [2.75, 3.05) is 26.8 Å². The lowest BCUT2D eigenvalue weighted by atomic mass is 10.1. The summed E-state index contributed by atoms with van der Waals surface area (Å²) in [6.07, 6.45) is 0. The molecule has 0 saturated heterocycles. The van der Waals surface area contributed by atoms with Crippen LogP contribution in [0.5, 0.6) is 5.75 Å². The lowest BCUT2D eigenvalue weighted by Crippen LogP contribution is -2.26. The minimum Gasteiger partial charge on any atom is -0.496 e. The van der Waals surface area contributed by atoms with E-state index in [9.17, 15) is 10.1 Å². The highest BCUT2D eigenvalue weighted by atomic mass is 16.6. The largest absolute Gasteiger partial charge is 0.496 e. The fraction of sp³-hybridized carbons (Fsp3) is 0.500. The number of nitro benzene ring substituents is 1. The summed E-state index contributed by atoms with van der Waals surface area (Å²) >= 11 is 0. The number of ether oxygens (including phenoxy) is 1. The summed E-state index contributed by atoms with van der Waals surface area (Å²) in [4.78, 5) is 12.3. The Bertz CT molecular complexity index is 409. The third-order valence-electron chi connectivity index (χ3n) is 2.73. The van der Waals surface area contributed by atoms with E-state index in [1.807, 2.05) is 11.8 Å². The van der Waals surface area contributed by atoms with E-state index in [-0.39, 0.29) is 12.3 Å². The Balaban J connectivity index is 2.96. The minimum absolute atomic E-state index is 0.0471. The molecule has 0 aliphatic heterocycles. The summed E-state index contributed by atoms with van der Waals surface area (Å²) in [5.41, 5.74) is 0.799. The van der Waals surface area contributed by atoms with Gasteiger partial charge in [-0.2, -0.15) is 0 Å². The first-order valence-electron chi connectivity index (χ1n) is 5.76. The molecule has 1 N–H and O–H groups in total. The van der Waals surface area contributed by atoms with Crippen molar-refractivity contribution in [1.82, 2.24) is 4.90 Å². The van der Waals surface area contributed by atoms with Gasteiger partial charge in [0.15, 0.2) is 0 Å². The van der Waals surface area contributed by atoms with Crippen LogP contribution in [0.1, 0.15) is 12.5 Å². The number of hydrogen-bond donors (Lipinski definition) is 1. The average Bonchev–Trinajstić information content (AvgIpc) is 2.37. The Morgan fingerprint density at radius 3 is 2.72 bits per heavy atom. The van der Waals surface area contributed by atoms with Crippen molar-refractivity contribution < 1.29 is 14.8 Å². The van der Waals surface area contributed by atoms with Crippen molar-refractivity contribution in [2.24, 2.45) is 0 Å². The van der Waals surface area contributed by atoms with Crippen molar-refractivity contribution in [3.05, 3.63) is 33.9 Å². The van der Waals surface area contributed by atoms with E-state index in [2.05, 4.69) is 0 Å². The second kappa shape index (κ2) is 6.93. The first-order chi connectivity index (χ1) is 8.62. The van der Waals surface area contributed by atoms with Crippen LogP contribution in [-0.2, 0) is 6.54 Å². The molecule has 0 heterocycles. The van der Waals surface area contributed by atoms with Crippen molar-refractivity contribution in [2.45, 2.75) is 13.5 Å². The molecule has 0 fully saturated rings. The molecule has 0 aliphatic carbocycles. The molecule has 6 nitrogen and oxygen atoms in total. The molecule has 0 atom stereocenters. The fourth-order valence-corrected chi connectivity index (χ4v) is 1.73. The van der Waals surface area contributed by atoms with Gasteiger partial charge in [0.2, 0.25) is 0 Å². The maximum Gasteiger partial charge on any atom is 0.270 e. The summed E-state index contributed by atoms with van der Waals surface area (Å²) in [6, 6.07) is 4.53. The predicted molar refractivity (Wildman–Crippen MR) is 67.7 cm³/mol. The number of aliphatic hydroxyl groups excluding tert-OH is 1. The van der Waals surface area contributed by atoms with Gasteiger partial charge in [-0.25, -0.2) is 0 Å². The first kappa shape index (κ1) is 14.4. The van der Waals surface area contributed by atoms with Gasteiger partial charge in [-0.1, -0.05) is 6.92 Å². The van der Waals surface area contributed by atoms with Crippen LogP contribution in [0, 0.1) is 10.1 Å². The van der Waals surface area contributed by atoms with Crippen LogP contribution in [0.2, 0.25) is 0 Å². The van der Waals surface area contributed by atoms with Crippen molar-refractivity contribution in [3.63, 3.8) is 0 Å². The zero-order valence-electron chi connectivity index (χ0n) is 10.6. The number of nitrogens with zero attached hydrogens (tertiary/aromatic N) is 2. The molecule has 6 heteroatoms. The Morgan fingerprint density at radius 1 is 1.50 bits per heavy atom. The maximum atomic E-state index is 10.7. The molecule has 0 aromatic heterocycles. The number of benzene rings is 1. The van der Waals surface area contributed by atoms with Crippen LogP contribution in [0.25, 0.3) is 0 Å². The van der Waals surface area contributed by atoms with E-state index in [0.717, 1.165) is 12.1 Å². The fourth-order valence-electron chi connectivity index (χ4n) is 1.73. The number of non-ortho nitro benzene ring substituents is 1. The Labute approximate surface area is 106 Å². The SMILES string of the molecule is CCN(CCO)Cc1cc([N+](=O)[O-])ccc1OC. The first-order valence-corrected chi connectivity index (χ1v) is 5.76. The smallest absolute Gasteiger partial charge is 0.270 e. The molecule has 0 spiro atoms. The van der Waals surface area contributed by atoms with Crippen LogP contribution < -0.4 is 4.74 Å². The Morgan fingerprint density at radius 2 is 2.22 bits per heavy atom. The molecule has 0 radical (unpaired) electrons. The van der Waals surface area contributed by atoms with Crippen molar-refractivity contribution in [3.8, 4) is 5.75 Å². The van der Waals surface area contributed by atoms with Gasteiger partial charge in [0, 0.05) is 30.8 Å². The highest BCUT2D eigenvalue weighted by Gasteiger charge is 2.13. The van der Waals surface area contributed by atoms with E-state index in [1.54, 1.807) is 6.07 Å². The quantitative estimate of drug-likeness (QED) is 0.588. The summed E-state index contributed by atoms with van der Waals surface area (Å²) in [5.74, 6) is 0.622. The highest BCUT2D eigenvalue weighted by molar-refractivity contribution is 5.43. The standard InChI is InChI=1S/C12H18N2O4/c1-3-13(6-7-15)9-10-8-11(14(16)17)4-5-12(10)18-2/h4-5,8,15H,3,6-7,9H2,1-2H3. The van der Waals surface area contributed by atoms with Gasteiger partial charge >= 0.3 is 0 Å². The number of nitro groups is 1. The normalized spacial score (nSPS) is 10.7. The second-order valence-electron chi connectivity index (χ2n) is 3.85. The lowest BCUT2D eigenvalue weighted by Gasteiger charge is -2.20. The van der Waals surface area contributed by atoms with Crippen LogP contribution in [0.15, 0.2) is 18.2 Å². The van der Waals surface area contributed by atoms with Crippen LogP contribution in [-0.4, -0.2) is 41.7 Å². The maximum absolute atomic E-state index is 10.7. The third-order valence-corrected chi connectivity index (χ3v) is 2.73. The zero-order chi connectivity index (χ0) is 13.5. The number of rotatable bonds is 7. The van der Waals surface area contributed by atoms with Crippen molar-refractivity contribution in [1.29, 1.82) is 0 Å². The molecular formula is C12H18N2O4. The molecule has 0 unspecified atom stereocenters. The van der Waals surface area contributed by atoms with Gasteiger partial charge in [0.05, 0.1) is 18.6 Å². The van der Waals surface area contributed by atoms with Gasteiger partial charge in [-0.15, -0.1) is 0 Å². The monoisotopic (exact) mass is 254 g/mol. The van der Waals surface area contributed by atoms with Gasteiger partial charge in [0.25, 0.3) is 5.69 Å². The van der Waals surface area contributed by atoms with E-state index in [1.165, 1.54) is 19.2 Å². The van der Waals surface area contributed by atoms with Gasteiger partial charge in [-0.05, 0) is 12.6 Å². The summed E-state index contributed by atoms with van der Waals surface area (Å²) in [7, 11) is 1.53. The minimum atomic E-state index is -0.425. The summed E-state index contributed by atoms with van der Waals surface area (Å²) in [6.45, 7) is 3.83. The second-order valence-corrected chi connectivity index (χ2v) is 3.85. The topological polar surface area (TPSA) is 75.8 Å². The molecule has 1 aromatic carbocycles. The molecule has 100 valence electrons. The average molecular weight is 254 g/mol. The van der Waals surface area contributed by atoms with Crippen LogP contribution in [0.4, 0.5) is 5.69 Å². The molecular weight excluding hydrogens is 236 g/mol. The number of methoxy groups -OCH3 is 1. The number of aliphatic hydroxyl groups is 1. The Kier molecular flexibility index (Phi) is 5.54. The van der Waals surface area contributed by atoms with Crippen LogP contribution in [0.3, 0.4) is 0 Å². The van der Waals surface area contributed by atoms with Crippen molar-refractivity contribution >= 4 is 5.69 Å². The van der Waals surface area contributed by atoms with Gasteiger partial charge in [0.1, 0.15) is 5.75 Å². The molecule has 0 amide bonds. The third kappa shape index (κ3) is 3.68. The number of hydrogen-bond acceptors (Lipinski definition) is 5. The Hall–Kier alpha value is -1.66. The lowest BCUT2D eigenvalue weighted by molar-refractivity contribution is -0.384. The summed E-state index contributed by atoms with van der Waals surface area (Å²) < 4.78 is 5.19. The molecule has 1 rings (SSSR count). The van der Waals surface area contributed by atoms with E-state index in [0.29, 0.717) is 18.8 Å². The zero-order valence-corrected chi connectivity index (χ0v) is 10.6. The van der Waals surface area contributed by atoms with E-state index < -0.39 is 4.92 Å². The van der Waals surface area contributed by atoms with Crippen LogP contribution >= 0.6 is 0 Å². The highest BCUT2D eigenvalue weighted by Crippen LogP contribution is 2.25. The number of likely N-dealkylation sites (N-methyl/N-ethyl adjacent to an activating group) is 1. The van der Waals surface area contributed by atoms with Gasteiger partial charge < -0.3 is 9.84 Å². The molecule has 0 aliphatic rings. The predicted octanol–water partition coefficient (Wildman–Crippen LogP) is 1.42. The summed E-state index contributed by atoms with van der Waals surface area (Å²) in [5, 5.41) is 19.7. The van der Waals surface area contributed by atoms with E-state index >= 15 is 0 Å². The van der Waals surface area contributed by atoms with E-state index in [4.69, 9.17) is 9.84 Å². The molecule has 0 bridgehead atoms. The van der Waals surface area contributed by atoms with Gasteiger partial charge in [-0.3, -0.25) is 15.0 Å². The molecule has 18 heavy (non-hydrogen) atoms. The molecule has 0 saturated carbocycles. The molecule has 1 aromatic rings.